The highest BCUT2D eigenvalue weighted by molar-refractivity contribution is 5.32. The molecule has 5 nitrogen and oxygen atoms in total. The fraction of sp³-hybridized carbons (Fsp3) is 0.714. The molecule has 1 heterocycles. The lowest BCUT2D eigenvalue weighted by Gasteiger charge is -2.18. The summed E-state index contributed by atoms with van der Waals surface area (Å²) in [6, 6.07) is 0. The van der Waals surface area contributed by atoms with Crippen LogP contribution in [0.1, 0.15) is 31.7 Å². The van der Waals surface area contributed by atoms with E-state index >= 15 is 0 Å². The van der Waals surface area contributed by atoms with E-state index in [0.29, 0.717) is 36.8 Å². The highest BCUT2D eigenvalue weighted by Gasteiger charge is 2.27. The fourth-order valence-corrected chi connectivity index (χ4v) is 2.68. The van der Waals surface area contributed by atoms with Gasteiger partial charge in [0.1, 0.15) is 6.33 Å². The standard InChI is InChI=1S/C14H23N3O2/c1-3-18-13-10(2)14(17-9-16-13)19-8-12-6-4-5-11(12)7-15/h9,11-12H,3-8,15H2,1-2H3. The smallest absolute Gasteiger partial charge is 0.223 e. The zero-order valence-electron chi connectivity index (χ0n) is 11.8. The number of nitrogens with two attached hydrogens (primary N) is 1. The fourth-order valence-electron chi connectivity index (χ4n) is 2.68. The summed E-state index contributed by atoms with van der Waals surface area (Å²) in [4.78, 5) is 8.29. The van der Waals surface area contributed by atoms with Gasteiger partial charge in [-0.2, -0.15) is 0 Å². The summed E-state index contributed by atoms with van der Waals surface area (Å²) in [7, 11) is 0. The van der Waals surface area contributed by atoms with Crippen molar-refractivity contribution in [3.63, 3.8) is 0 Å². The first kappa shape index (κ1) is 14.1. The summed E-state index contributed by atoms with van der Waals surface area (Å²) in [6.45, 7) is 5.89. The predicted molar refractivity (Wildman–Crippen MR) is 73.3 cm³/mol. The van der Waals surface area contributed by atoms with Crippen LogP contribution in [0.4, 0.5) is 0 Å². The summed E-state index contributed by atoms with van der Waals surface area (Å²) < 4.78 is 11.3. The Morgan fingerprint density at radius 2 is 1.89 bits per heavy atom. The van der Waals surface area contributed by atoms with E-state index in [9.17, 15) is 0 Å². The van der Waals surface area contributed by atoms with Crippen molar-refractivity contribution < 1.29 is 9.47 Å². The molecule has 1 fully saturated rings. The molecule has 0 spiro atoms. The van der Waals surface area contributed by atoms with Crippen LogP contribution in [0.5, 0.6) is 11.8 Å². The second kappa shape index (κ2) is 6.70. The molecule has 0 aromatic carbocycles. The van der Waals surface area contributed by atoms with Gasteiger partial charge in [0.2, 0.25) is 11.8 Å². The number of ether oxygens (including phenoxy) is 2. The minimum Gasteiger partial charge on any atom is -0.478 e. The summed E-state index contributed by atoms with van der Waals surface area (Å²) in [5.74, 6) is 2.37. The molecule has 0 aliphatic heterocycles. The Hall–Kier alpha value is -1.36. The van der Waals surface area contributed by atoms with E-state index in [4.69, 9.17) is 15.2 Å². The van der Waals surface area contributed by atoms with Crippen molar-refractivity contribution in [2.45, 2.75) is 33.1 Å². The first-order valence-corrected chi connectivity index (χ1v) is 7.03. The zero-order valence-corrected chi connectivity index (χ0v) is 11.8. The highest BCUT2D eigenvalue weighted by Crippen LogP contribution is 2.32. The second-order valence-electron chi connectivity index (χ2n) is 5.04. The van der Waals surface area contributed by atoms with Crippen LogP contribution in [0.3, 0.4) is 0 Å². The molecular formula is C14H23N3O2. The van der Waals surface area contributed by atoms with Gasteiger partial charge in [-0.3, -0.25) is 0 Å². The molecule has 106 valence electrons. The molecule has 0 saturated heterocycles. The minimum atomic E-state index is 0.551. The monoisotopic (exact) mass is 265 g/mol. The first-order chi connectivity index (χ1) is 9.26. The van der Waals surface area contributed by atoms with Crippen LogP contribution in [-0.2, 0) is 0 Å². The predicted octanol–water partition coefficient (Wildman–Crippen LogP) is 1.94. The molecular weight excluding hydrogens is 242 g/mol. The van der Waals surface area contributed by atoms with Gasteiger partial charge in [-0.1, -0.05) is 6.42 Å². The number of hydrogen-bond acceptors (Lipinski definition) is 5. The number of hydrogen-bond donors (Lipinski definition) is 1. The van der Waals surface area contributed by atoms with E-state index in [1.165, 1.54) is 25.6 Å². The van der Waals surface area contributed by atoms with Gasteiger partial charge in [-0.25, -0.2) is 9.97 Å². The molecule has 2 N–H and O–H groups in total. The third-order valence-corrected chi connectivity index (χ3v) is 3.83. The lowest BCUT2D eigenvalue weighted by atomic mass is 9.97. The lowest BCUT2D eigenvalue weighted by Crippen LogP contribution is -2.23. The summed E-state index contributed by atoms with van der Waals surface area (Å²) in [5, 5.41) is 0. The van der Waals surface area contributed by atoms with Crippen molar-refractivity contribution in [2.24, 2.45) is 17.6 Å². The van der Waals surface area contributed by atoms with Crippen molar-refractivity contribution in [1.82, 2.24) is 9.97 Å². The molecule has 1 aromatic rings. The van der Waals surface area contributed by atoms with E-state index in [1.807, 2.05) is 13.8 Å². The van der Waals surface area contributed by atoms with Gasteiger partial charge < -0.3 is 15.2 Å². The normalized spacial score (nSPS) is 22.5. The van der Waals surface area contributed by atoms with E-state index in [2.05, 4.69) is 9.97 Å². The molecule has 2 unspecified atom stereocenters. The van der Waals surface area contributed by atoms with E-state index in [1.54, 1.807) is 0 Å². The molecule has 1 aliphatic rings. The maximum atomic E-state index is 5.85. The first-order valence-electron chi connectivity index (χ1n) is 7.03. The topological polar surface area (TPSA) is 70.3 Å². The molecule has 0 amide bonds. The van der Waals surface area contributed by atoms with Crippen LogP contribution < -0.4 is 15.2 Å². The van der Waals surface area contributed by atoms with Crippen molar-refractivity contribution in [3.05, 3.63) is 11.9 Å². The van der Waals surface area contributed by atoms with Gasteiger partial charge in [-0.05, 0) is 45.1 Å². The van der Waals surface area contributed by atoms with E-state index in [-0.39, 0.29) is 0 Å². The van der Waals surface area contributed by atoms with Gasteiger partial charge in [-0.15, -0.1) is 0 Å². The third kappa shape index (κ3) is 3.35. The highest BCUT2D eigenvalue weighted by atomic mass is 16.5. The lowest BCUT2D eigenvalue weighted by molar-refractivity contribution is 0.207. The van der Waals surface area contributed by atoms with Crippen molar-refractivity contribution in [1.29, 1.82) is 0 Å². The average Bonchev–Trinajstić information content (AvgIpc) is 2.87. The summed E-state index contributed by atoms with van der Waals surface area (Å²) >= 11 is 0. The number of nitrogens with zero attached hydrogens (tertiary/aromatic N) is 2. The zero-order chi connectivity index (χ0) is 13.7. The SMILES string of the molecule is CCOc1ncnc(OCC2CCCC2CN)c1C. The van der Waals surface area contributed by atoms with Crippen LogP contribution in [0, 0.1) is 18.8 Å². The number of aromatic nitrogens is 2. The van der Waals surface area contributed by atoms with Gasteiger partial charge in [0, 0.05) is 0 Å². The molecule has 19 heavy (non-hydrogen) atoms. The van der Waals surface area contributed by atoms with Crippen LogP contribution >= 0.6 is 0 Å². The maximum Gasteiger partial charge on any atom is 0.223 e. The van der Waals surface area contributed by atoms with Crippen LogP contribution in [-0.4, -0.2) is 29.7 Å². The van der Waals surface area contributed by atoms with E-state index in [0.717, 1.165) is 12.1 Å². The maximum absolute atomic E-state index is 5.85. The Morgan fingerprint density at radius 1 is 1.21 bits per heavy atom. The minimum absolute atomic E-state index is 0.551. The molecule has 5 heteroatoms. The van der Waals surface area contributed by atoms with Crippen LogP contribution in [0.15, 0.2) is 6.33 Å². The van der Waals surface area contributed by atoms with Gasteiger partial charge in [0.05, 0.1) is 18.8 Å². The van der Waals surface area contributed by atoms with Crippen molar-refractivity contribution in [3.8, 4) is 11.8 Å². The molecule has 0 bridgehead atoms. The van der Waals surface area contributed by atoms with E-state index < -0.39 is 0 Å². The van der Waals surface area contributed by atoms with Crippen molar-refractivity contribution in [2.75, 3.05) is 19.8 Å². The largest absolute Gasteiger partial charge is 0.478 e. The summed E-state index contributed by atoms with van der Waals surface area (Å²) in [5.41, 5.74) is 6.65. The van der Waals surface area contributed by atoms with Crippen LogP contribution in [0.25, 0.3) is 0 Å². The van der Waals surface area contributed by atoms with Crippen LogP contribution in [0.2, 0.25) is 0 Å². The molecule has 0 radical (unpaired) electrons. The Labute approximate surface area is 114 Å². The molecule has 1 aliphatic carbocycles. The molecule has 1 aromatic heterocycles. The van der Waals surface area contributed by atoms with Gasteiger partial charge >= 0.3 is 0 Å². The molecule has 1 saturated carbocycles. The Bertz CT molecular complexity index is 412. The average molecular weight is 265 g/mol. The van der Waals surface area contributed by atoms with Crippen molar-refractivity contribution >= 4 is 0 Å². The molecule has 2 rings (SSSR count). The Kier molecular flexibility index (Phi) is 4.96. The summed E-state index contributed by atoms with van der Waals surface area (Å²) in [6.07, 6.45) is 5.16. The second-order valence-corrected chi connectivity index (χ2v) is 5.04. The Balaban J connectivity index is 1.97. The Morgan fingerprint density at radius 3 is 2.58 bits per heavy atom. The van der Waals surface area contributed by atoms with Gasteiger partial charge in [0.25, 0.3) is 0 Å². The van der Waals surface area contributed by atoms with Gasteiger partial charge in [0.15, 0.2) is 0 Å². The number of rotatable bonds is 6. The molecule has 2 atom stereocenters. The quantitative estimate of drug-likeness (QED) is 0.851. The third-order valence-electron chi connectivity index (χ3n) is 3.83.